The van der Waals surface area contributed by atoms with E-state index in [1.165, 1.54) is 0 Å². The lowest BCUT2D eigenvalue weighted by Crippen LogP contribution is -2.56. The third kappa shape index (κ3) is 4.51. The van der Waals surface area contributed by atoms with Crippen LogP contribution >= 0.6 is 0 Å². The molecule has 1 aliphatic carbocycles. The number of alkyl halides is 5. The Balaban J connectivity index is 2.31. The molecular formula is C16H15F6N3O2. The van der Waals surface area contributed by atoms with Crippen molar-refractivity contribution < 1.29 is 36.2 Å². The van der Waals surface area contributed by atoms with Gasteiger partial charge in [-0.15, -0.1) is 0 Å². The van der Waals surface area contributed by atoms with Gasteiger partial charge in [-0.2, -0.15) is 27.2 Å². The van der Waals surface area contributed by atoms with Gasteiger partial charge < -0.3 is 10.4 Å². The number of aliphatic hydroxyl groups excluding tert-OH is 1. The number of nitrogens with one attached hydrogen (secondary N) is 2. The smallest absolute Gasteiger partial charge is 0.394 e. The number of nitrogens with zero attached hydrogens (tertiary/aromatic N) is 1. The highest BCUT2D eigenvalue weighted by atomic mass is 19.4. The minimum atomic E-state index is -5.97. The van der Waals surface area contributed by atoms with Crippen molar-refractivity contribution in [3.05, 3.63) is 35.6 Å². The largest absolute Gasteiger partial charge is 0.455 e. The summed E-state index contributed by atoms with van der Waals surface area (Å²) in [6.07, 6.45) is -5.37. The average molecular weight is 395 g/mol. The van der Waals surface area contributed by atoms with E-state index in [0.29, 0.717) is 25.0 Å². The van der Waals surface area contributed by atoms with Gasteiger partial charge in [0.25, 0.3) is 0 Å². The molecule has 0 bridgehead atoms. The number of carbonyl (C=O) groups is 1. The molecule has 1 saturated carbocycles. The predicted octanol–water partition coefficient (Wildman–Crippen LogP) is 2.19. The van der Waals surface area contributed by atoms with Crippen molar-refractivity contribution in [2.45, 2.75) is 42.6 Å². The standard InChI is InChI=1S/C16H15F6N3O2/c17-10-3-1-9(2-4-10)12(15(18,19)16(20,21)22)24-11(7-26)13(27)25-14(8-23)5-6-14/h1-4,11-12,24,26H,5-7H2,(H,25,27). The molecule has 1 aromatic rings. The second-order valence-electron chi connectivity index (χ2n) is 6.19. The Morgan fingerprint density at radius 1 is 1.22 bits per heavy atom. The van der Waals surface area contributed by atoms with Crippen molar-refractivity contribution in [3.63, 3.8) is 0 Å². The third-order valence-electron chi connectivity index (χ3n) is 4.14. The van der Waals surface area contributed by atoms with E-state index in [0.717, 1.165) is 12.1 Å². The van der Waals surface area contributed by atoms with Gasteiger partial charge in [0.1, 0.15) is 23.4 Å². The fourth-order valence-electron chi connectivity index (χ4n) is 2.35. The lowest BCUT2D eigenvalue weighted by atomic mass is 9.98. The number of amides is 1. The van der Waals surface area contributed by atoms with Crippen LogP contribution in [-0.2, 0) is 4.79 Å². The Hall–Kier alpha value is -2.32. The van der Waals surface area contributed by atoms with Gasteiger partial charge in [-0.3, -0.25) is 10.1 Å². The second-order valence-corrected chi connectivity index (χ2v) is 6.19. The maximum absolute atomic E-state index is 14.0. The normalized spacial score (nSPS) is 18.3. The molecule has 0 aliphatic heterocycles. The molecular weight excluding hydrogens is 380 g/mol. The van der Waals surface area contributed by atoms with Gasteiger partial charge in [-0.05, 0) is 30.5 Å². The lowest BCUT2D eigenvalue weighted by molar-refractivity contribution is -0.295. The fourth-order valence-corrected chi connectivity index (χ4v) is 2.35. The summed E-state index contributed by atoms with van der Waals surface area (Å²) >= 11 is 0. The SMILES string of the molecule is N#CC1(NC(=O)C(CO)NC(c2ccc(F)cc2)C(F)(F)C(F)(F)F)CC1. The summed E-state index contributed by atoms with van der Waals surface area (Å²) in [4.78, 5) is 12.1. The Kier molecular flexibility index (Phi) is 5.72. The molecule has 1 aromatic carbocycles. The zero-order chi connectivity index (χ0) is 20.5. The summed E-state index contributed by atoms with van der Waals surface area (Å²) in [5.41, 5.74) is -1.84. The number of rotatable bonds is 7. The molecule has 0 spiro atoms. The first kappa shape index (κ1) is 21.0. The number of aliphatic hydroxyl groups is 1. The summed E-state index contributed by atoms with van der Waals surface area (Å²) < 4.78 is 79.6. The Morgan fingerprint density at radius 3 is 2.19 bits per heavy atom. The van der Waals surface area contributed by atoms with Gasteiger partial charge in [0.2, 0.25) is 5.91 Å². The monoisotopic (exact) mass is 395 g/mol. The van der Waals surface area contributed by atoms with Crippen LogP contribution in [0, 0.1) is 17.1 Å². The van der Waals surface area contributed by atoms with Crippen LogP contribution in [-0.4, -0.2) is 41.3 Å². The molecule has 1 fully saturated rings. The van der Waals surface area contributed by atoms with E-state index < -0.39 is 53.6 Å². The molecule has 1 amide bonds. The van der Waals surface area contributed by atoms with E-state index in [1.54, 1.807) is 11.4 Å². The number of hydrogen-bond donors (Lipinski definition) is 3. The molecule has 27 heavy (non-hydrogen) atoms. The van der Waals surface area contributed by atoms with Crippen LogP contribution in [0.1, 0.15) is 24.4 Å². The third-order valence-corrected chi connectivity index (χ3v) is 4.14. The molecule has 0 aromatic heterocycles. The molecule has 148 valence electrons. The highest BCUT2D eigenvalue weighted by Gasteiger charge is 2.63. The quantitative estimate of drug-likeness (QED) is 0.618. The number of nitriles is 1. The van der Waals surface area contributed by atoms with Crippen molar-refractivity contribution >= 4 is 5.91 Å². The van der Waals surface area contributed by atoms with E-state index in [9.17, 15) is 36.2 Å². The van der Waals surface area contributed by atoms with Crippen LogP contribution in [0.5, 0.6) is 0 Å². The first-order chi connectivity index (χ1) is 12.5. The topological polar surface area (TPSA) is 85.2 Å². The summed E-state index contributed by atoms with van der Waals surface area (Å²) in [5, 5.41) is 22.2. The van der Waals surface area contributed by atoms with E-state index in [2.05, 4.69) is 5.32 Å². The van der Waals surface area contributed by atoms with E-state index >= 15 is 0 Å². The molecule has 11 heteroatoms. The molecule has 5 nitrogen and oxygen atoms in total. The van der Waals surface area contributed by atoms with E-state index in [-0.39, 0.29) is 0 Å². The highest BCUT2D eigenvalue weighted by molar-refractivity contribution is 5.83. The number of benzene rings is 1. The molecule has 2 unspecified atom stereocenters. The summed E-state index contributed by atoms with van der Waals surface area (Å²) in [7, 11) is 0. The summed E-state index contributed by atoms with van der Waals surface area (Å²) in [6.45, 7) is -1.10. The second kappa shape index (κ2) is 7.36. The zero-order valence-corrected chi connectivity index (χ0v) is 13.7. The van der Waals surface area contributed by atoms with Crippen molar-refractivity contribution in [1.82, 2.24) is 10.6 Å². The minimum Gasteiger partial charge on any atom is -0.394 e. The molecule has 0 heterocycles. The van der Waals surface area contributed by atoms with Crippen LogP contribution in [0.4, 0.5) is 26.3 Å². The Bertz CT molecular complexity index is 725. The van der Waals surface area contributed by atoms with E-state index in [1.807, 2.05) is 0 Å². The zero-order valence-electron chi connectivity index (χ0n) is 13.7. The van der Waals surface area contributed by atoms with Gasteiger partial charge in [-0.1, -0.05) is 12.1 Å². The Morgan fingerprint density at radius 2 is 1.78 bits per heavy atom. The Labute approximate surface area is 150 Å². The first-order valence-electron chi connectivity index (χ1n) is 7.76. The lowest BCUT2D eigenvalue weighted by Gasteiger charge is -2.32. The van der Waals surface area contributed by atoms with Gasteiger partial charge in [0.15, 0.2) is 0 Å². The van der Waals surface area contributed by atoms with Crippen molar-refractivity contribution in [2.24, 2.45) is 0 Å². The minimum absolute atomic E-state index is 0.299. The number of hydrogen-bond acceptors (Lipinski definition) is 4. The molecule has 0 radical (unpaired) electrons. The van der Waals surface area contributed by atoms with Crippen LogP contribution in [0.25, 0.3) is 0 Å². The van der Waals surface area contributed by atoms with Crippen LogP contribution in [0.15, 0.2) is 24.3 Å². The maximum atomic E-state index is 14.0. The molecule has 1 aliphatic rings. The fraction of sp³-hybridized carbons (Fsp3) is 0.500. The first-order valence-corrected chi connectivity index (χ1v) is 7.76. The van der Waals surface area contributed by atoms with Gasteiger partial charge in [0, 0.05) is 0 Å². The highest BCUT2D eigenvalue weighted by Crippen LogP contribution is 2.44. The van der Waals surface area contributed by atoms with Gasteiger partial charge in [0.05, 0.1) is 12.7 Å². The number of halogens is 6. The average Bonchev–Trinajstić information content (AvgIpc) is 3.35. The molecule has 2 rings (SSSR count). The van der Waals surface area contributed by atoms with Gasteiger partial charge in [-0.25, -0.2) is 4.39 Å². The summed E-state index contributed by atoms with van der Waals surface area (Å²) in [5.74, 6) is -7.28. The van der Waals surface area contributed by atoms with Crippen LogP contribution in [0.3, 0.4) is 0 Å². The maximum Gasteiger partial charge on any atom is 0.455 e. The number of carbonyl (C=O) groups excluding carboxylic acids is 1. The van der Waals surface area contributed by atoms with Crippen molar-refractivity contribution in [3.8, 4) is 6.07 Å². The van der Waals surface area contributed by atoms with Crippen LogP contribution < -0.4 is 10.6 Å². The molecule has 0 saturated heterocycles. The predicted molar refractivity (Wildman–Crippen MR) is 79.9 cm³/mol. The molecule has 3 N–H and O–H groups in total. The van der Waals surface area contributed by atoms with E-state index in [4.69, 9.17) is 5.26 Å². The molecule has 2 atom stereocenters. The van der Waals surface area contributed by atoms with Gasteiger partial charge >= 0.3 is 12.1 Å². The van der Waals surface area contributed by atoms with Crippen molar-refractivity contribution in [2.75, 3.05) is 6.61 Å². The van der Waals surface area contributed by atoms with Crippen LogP contribution in [0.2, 0.25) is 0 Å². The summed E-state index contributed by atoms with van der Waals surface area (Å²) in [6, 6.07) is 0.00870. The van der Waals surface area contributed by atoms with Crippen molar-refractivity contribution in [1.29, 1.82) is 5.26 Å².